The van der Waals surface area contributed by atoms with Gasteiger partial charge in [-0.1, -0.05) is 127 Å². The Morgan fingerprint density at radius 3 is 1.98 bits per heavy atom. The molecule has 0 atom stereocenters. The van der Waals surface area contributed by atoms with E-state index in [1.54, 1.807) is 0 Å². The fourth-order valence-electron chi connectivity index (χ4n) is 7.19. The minimum Gasteiger partial charge on any atom is -0.456 e. The van der Waals surface area contributed by atoms with Crippen LogP contribution in [0.5, 0.6) is 0 Å². The second kappa shape index (κ2) is 9.62. The Balaban J connectivity index is 1.44. The number of fused-ring (bicyclic) bond motifs is 9. The van der Waals surface area contributed by atoms with Gasteiger partial charge in [0.15, 0.2) is 5.82 Å². The molecule has 3 aromatic heterocycles. The number of hydrogen-bond donors (Lipinski definition) is 0. The first-order valence-corrected chi connectivity index (χ1v) is 15.5. The molecule has 0 fully saturated rings. The molecule has 0 bridgehead atoms. The summed E-state index contributed by atoms with van der Waals surface area (Å²) in [5, 5.41) is 6.90. The number of nitrogens with zero attached hydrogens (tertiary/aromatic N) is 3. The maximum absolute atomic E-state index is 6.35. The van der Waals surface area contributed by atoms with Crippen molar-refractivity contribution >= 4 is 65.6 Å². The molecule has 0 aliphatic heterocycles. The number of rotatable bonds is 3. The molecule has 0 N–H and O–H groups in total. The summed E-state index contributed by atoms with van der Waals surface area (Å²) in [6, 6.07) is 52.9. The van der Waals surface area contributed by atoms with Gasteiger partial charge < -0.3 is 4.42 Å². The Morgan fingerprint density at radius 2 is 1.09 bits per heavy atom. The molecule has 0 spiro atoms. The van der Waals surface area contributed by atoms with E-state index in [2.05, 4.69) is 114 Å². The van der Waals surface area contributed by atoms with Crippen molar-refractivity contribution < 1.29 is 4.42 Å². The summed E-state index contributed by atoms with van der Waals surface area (Å²) in [6.45, 7) is 0. The molecule has 4 nitrogen and oxygen atoms in total. The molecule has 0 radical (unpaired) electrons. The van der Waals surface area contributed by atoms with E-state index in [1.165, 1.54) is 16.2 Å². The van der Waals surface area contributed by atoms with Crippen LogP contribution in [0.3, 0.4) is 0 Å². The van der Waals surface area contributed by atoms with Crippen LogP contribution in [0.4, 0.5) is 0 Å². The highest BCUT2D eigenvalue weighted by atomic mass is 16.3. The Bertz CT molecular complexity index is 2810. The van der Waals surface area contributed by atoms with E-state index >= 15 is 0 Å². The van der Waals surface area contributed by atoms with E-state index in [-0.39, 0.29) is 0 Å². The lowest BCUT2D eigenvalue weighted by molar-refractivity contribution is 0.669. The van der Waals surface area contributed by atoms with Crippen LogP contribution in [-0.2, 0) is 0 Å². The Morgan fingerprint density at radius 1 is 0.435 bits per heavy atom. The summed E-state index contributed by atoms with van der Waals surface area (Å²) in [7, 11) is 0. The smallest absolute Gasteiger partial charge is 0.165 e. The van der Waals surface area contributed by atoms with Gasteiger partial charge in [0.25, 0.3) is 0 Å². The minimum atomic E-state index is 0.804. The summed E-state index contributed by atoms with van der Waals surface area (Å²) in [5.41, 5.74) is 9.78. The molecule has 0 aliphatic rings. The van der Waals surface area contributed by atoms with Crippen LogP contribution in [0, 0.1) is 0 Å². The zero-order valence-corrected chi connectivity index (χ0v) is 24.7. The lowest BCUT2D eigenvalue weighted by atomic mass is 9.97. The van der Waals surface area contributed by atoms with Crippen LogP contribution in [0.15, 0.2) is 156 Å². The van der Waals surface area contributed by atoms with Crippen molar-refractivity contribution in [1.82, 2.24) is 14.5 Å². The zero-order valence-electron chi connectivity index (χ0n) is 24.7. The van der Waals surface area contributed by atoms with Crippen LogP contribution < -0.4 is 0 Å². The quantitative estimate of drug-likeness (QED) is 0.207. The van der Waals surface area contributed by atoms with Crippen molar-refractivity contribution in [3.63, 3.8) is 0 Å². The number of para-hydroxylation sites is 4. The summed E-state index contributed by atoms with van der Waals surface area (Å²) >= 11 is 0. The summed E-state index contributed by atoms with van der Waals surface area (Å²) in [4.78, 5) is 10.7. The molecule has 0 saturated heterocycles. The van der Waals surface area contributed by atoms with E-state index in [9.17, 15) is 0 Å². The Hall–Kier alpha value is -6.26. The minimum absolute atomic E-state index is 0.804. The van der Waals surface area contributed by atoms with Crippen LogP contribution in [0.25, 0.3) is 93.8 Å². The number of hydrogen-bond acceptors (Lipinski definition) is 3. The largest absolute Gasteiger partial charge is 0.456 e. The molecule has 10 rings (SSSR count). The van der Waals surface area contributed by atoms with Crippen molar-refractivity contribution in [2.75, 3.05) is 0 Å². The molecule has 0 amide bonds. The predicted octanol–water partition coefficient (Wildman–Crippen LogP) is 11.1. The lowest BCUT2D eigenvalue weighted by Crippen LogP contribution is -2.04. The Kier molecular flexibility index (Phi) is 5.25. The van der Waals surface area contributed by atoms with Gasteiger partial charge in [0.1, 0.15) is 16.9 Å². The van der Waals surface area contributed by atoms with Crippen LogP contribution in [0.2, 0.25) is 0 Å². The van der Waals surface area contributed by atoms with Crippen LogP contribution in [0.1, 0.15) is 0 Å². The second-order valence-corrected chi connectivity index (χ2v) is 11.7. The van der Waals surface area contributed by atoms with E-state index in [0.717, 1.165) is 77.6 Å². The van der Waals surface area contributed by atoms with Gasteiger partial charge in [-0.05, 0) is 35.2 Å². The highest BCUT2D eigenvalue weighted by Gasteiger charge is 2.24. The number of benzene rings is 7. The van der Waals surface area contributed by atoms with Crippen molar-refractivity contribution in [2.45, 2.75) is 0 Å². The average Bonchev–Trinajstić information content (AvgIpc) is 3.68. The third-order valence-electron chi connectivity index (χ3n) is 9.18. The van der Waals surface area contributed by atoms with E-state index < -0.39 is 0 Å². The van der Waals surface area contributed by atoms with Crippen molar-refractivity contribution in [3.05, 3.63) is 152 Å². The first-order valence-electron chi connectivity index (χ1n) is 15.5. The van der Waals surface area contributed by atoms with Gasteiger partial charge in [-0.25, -0.2) is 9.97 Å². The van der Waals surface area contributed by atoms with Crippen molar-refractivity contribution in [1.29, 1.82) is 0 Å². The second-order valence-electron chi connectivity index (χ2n) is 11.7. The molecule has 7 aromatic carbocycles. The average molecular weight is 588 g/mol. The maximum atomic E-state index is 6.35. The molecule has 0 aliphatic carbocycles. The summed E-state index contributed by atoms with van der Waals surface area (Å²) < 4.78 is 8.72. The Labute approximate surface area is 263 Å². The van der Waals surface area contributed by atoms with Crippen LogP contribution >= 0.6 is 0 Å². The predicted molar refractivity (Wildman–Crippen MR) is 190 cm³/mol. The van der Waals surface area contributed by atoms with E-state index in [1.807, 2.05) is 42.5 Å². The molecule has 0 unspecified atom stereocenters. The van der Waals surface area contributed by atoms with Crippen LogP contribution in [-0.4, -0.2) is 14.5 Å². The first-order chi connectivity index (χ1) is 22.8. The van der Waals surface area contributed by atoms with Gasteiger partial charge in [0, 0.05) is 38.1 Å². The zero-order chi connectivity index (χ0) is 30.2. The van der Waals surface area contributed by atoms with Gasteiger partial charge in [0.2, 0.25) is 0 Å². The van der Waals surface area contributed by atoms with E-state index in [4.69, 9.17) is 14.4 Å². The highest BCUT2D eigenvalue weighted by Crippen LogP contribution is 2.45. The number of aromatic nitrogens is 3. The molecule has 46 heavy (non-hydrogen) atoms. The molecule has 0 saturated carbocycles. The van der Waals surface area contributed by atoms with E-state index in [0.29, 0.717) is 0 Å². The fourth-order valence-corrected chi connectivity index (χ4v) is 7.19. The lowest BCUT2D eigenvalue weighted by Gasteiger charge is -2.16. The fraction of sp³-hybridized carbons (Fsp3) is 0. The van der Waals surface area contributed by atoms with Gasteiger partial charge in [-0.2, -0.15) is 0 Å². The highest BCUT2D eigenvalue weighted by molar-refractivity contribution is 6.23. The molecule has 3 heterocycles. The number of furan rings is 1. The molecule has 214 valence electrons. The third-order valence-corrected chi connectivity index (χ3v) is 9.18. The summed E-state index contributed by atoms with van der Waals surface area (Å²) in [5.74, 6) is 0.804. The third kappa shape index (κ3) is 3.55. The monoisotopic (exact) mass is 587 g/mol. The first kappa shape index (κ1) is 25.1. The molecular weight excluding hydrogens is 562 g/mol. The molecule has 10 aromatic rings. The van der Waals surface area contributed by atoms with Gasteiger partial charge in [-0.3, -0.25) is 4.57 Å². The van der Waals surface area contributed by atoms with Gasteiger partial charge in [0.05, 0.1) is 22.1 Å². The van der Waals surface area contributed by atoms with Crippen molar-refractivity contribution in [3.8, 4) is 28.2 Å². The van der Waals surface area contributed by atoms with Crippen molar-refractivity contribution in [2.24, 2.45) is 0 Å². The van der Waals surface area contributed by atoms with Gasteiger partial charge >= 0.3 is 0 Å². The molecular formula is C42H25N3O. The van der Waals surface area contributed by atoms with Gasteiger partial charge in [-0.15, -0.1) is 0 Å². The molecule has 4 heteroatoms. The summed E-state index contributed by atoms with van der Waals surface area (Å²) in [6.07, 6.45) is 0. The maximum Gasteiger partial charge on any atom is 0.165 e. The topological polar surface area (TPSA) is 43.9 Å². The standard InChI is InChI=1S/C42H25N3O/c1-2-13-27(14-3-1)39-42(44-35-21-8-7-20-34(35)43-39)45-40-28-15-5-4-12-26(28)24-25-32(40)31-19-10-18-30(41(31)45)29-17-11-23-37-38(29)33-16-6-9-22-36(33)46-37/h1-25H. The normalized spacial score (nSPS) is 11.9. The SMILES string of the molecule is c1ccc(-c2nc3ccccc3nc2-n2c3c(-c4cccc5oc6ccccc6c45)cccc3c3ccc4ccccc4c32)cc1.